The van der Waals surface area contributed by atoms with E-state index in [1.165, 1.54) is 11.1 Å². The summed E-state index contributed by atoms with van der Waals surface area (Å²) in [6.07, 6.45) is 7.44. The number of aromatic nitrogens is 1. The van der Waals surface area contributed by atoms with Gasteiger partial charge < -0.3 is 5.11 Å². The average Bonchev–Trinajstić information content (AvgIpc) is 2.70. The number of hydrogen-bond donors (Lipinski definition) is 1. The van der Waals surface area contributed by atoms with Gasteiger partial charge in [-0.3, -0.25) is 4.90 Å². The molecule has 27 heavy (non-hydrogen) atoms. The van der Waals surface area contributed by atoms with Crippen LogP contribution in [0.2, 0.25) is 5.02 Å². The lowest BCUT2D eigenvalue weighted by molar-refractivity contribution is 0.287. The van der Waals surface area contributed by atoms with Gasteiger partial charge in [-0.15, -0.1) is 0 Å². The van der Waals surface area contributed by atoms with Crippen molar-refractivity contribution in [2.24, 2.45) is 0 Å². The molecule has 0 atom stereocenters. The molecule has 1 aliphatic heterocycles. The second-order valence-corrected chi connectivity index (χ2v) is 7.25. The third kappa shape index (κ3) is 4.38. The van der Waals surface area contributed by atoms with E-state index in [1.807, 2.05) is 42.5 Å². The maximum atomic E-state index is 9.97. The van der Waals surface area contributed by atoms with Crippen molar-refractivity contribution < 1.29 is 5.11 Å². The molecular formula is C23H21ClN2O. The molecule has 0 spiro atoms. The lowest BCUT2D eigenvalue weighted by Gasteiger charge is -2.25. The maximum absolute atomic E-state index is 9.97. The standard InChI is InChI=1S/C23H21ClN2O/c24-20-8-4-18(5-9-20)16-26-14-12-17(13-15-26)6-10-21-11-7-19-2-1-3-22(27)23(19)25-21/h1-12,27H,13-16H2/b10-6+. The summed E-state index contributed by atoms with van der Waals surface area (Å²) >= 11 is 5.95. The van der Waals surface area contributed by atoms with Crippen molar-refractivity contribution >= 4 is 28.6 Å². The molecule has 0 bridgehead atoms. The molecule has 0 saturated carbocycles. The van der Waals surface area contributed by atoms with Crippen molar-refractivity contribution in [3.8, 4) is 5.75 Å². The van der Waals surface area contributed by atoms with Crippen LogP contribution in [0.4, 0.5) is 0 Å². The first kappa shape index (κ1) is 17.8. The predicted octanol–water partition coefficient (Wildman–Crippen LogP) is 5.44. The van der Waals surface area contributed by atoms with Crippen LogP contribution in [0.25, 0.3) is 17.0 Å². The van der Waals surface area contributed by atoms with Gasteiger partial charge in [-0.05, 0) is 47.9 Å². The number of para-hydroxylation sites is 1. The molecule has 2 heterocycles. The van der Waals surface area contributed by atoms with E-state index < -0.39 is 0 Å². The van der Waals surface area contributed by atoms with Gasteiger partial charge in [-0.25, -0.2) is 4.98 Å². The Morgan fingerprint density at radius 2 is 1.89 bits per heavy atom. The number of benzene rings is 2. The number of rotatable bonds is 4. The average molecular weight is 377 g/mol. The lowest BCUT2D eigenvalue weighted by Crippen LogP contribution is -2.27. The van der Waals surface area contributed by atoms with Crippen molar-refractivity contribution in [2.45, 2.75) is 13.0 Å². The van der Waals surface area contributed by atoms with E-state index in [9.17, 15) is 5.11 Å². The van der Waals surface area contributed by atoms with Gasteiger partial charge in [-0.2, -0.15) is 0 Å². The Hall–Kier alpha value is -2.62. The van der Waals surface area contributed by atoms with Gasteiger partial charge in [0.15, 0.2) is 0 Å². The first-order valence-electron chi connectivity index (χ1n) is 9.10. The van der Waals surface area contributed by atoms with Crippen LogP contribution in [0.1, 0.15) is 17.7 Å². The molecule has 0 saturated heterocycles. The molecule has 3 nitrogen and oxygen atoms in total. The molecule has 0 aliphatic carbocycles. The quantitative estimate of drug-likeness (QED) is 0.658. The summed E-state index contributed by atoms with van der Waals surface area (Å²) < 4.78 is 0. The Balaban J connectivity index is 1.41. The molecular weight excluding hydrogens is 356 g/mol. The minimum absolute atomic E-state index is 0.220. The Bertz CT molecular complexity index is 1010. The largest absolute Gasteiger partial charge is 0.506 e. The second kappa shape index (κ2) is 7.95. The van der Waals surface area contributed by atoms with Crippen LogP contribution >= 0.6 is 11.6 Å². The van der Waals surface area contributed by atoms with Gasteiger partial charge in [-0.1, -0.05) is 54.1 Å². The molecule has 4 rings (SSSR count). The molecule has 136 valence electrons. The second-order valence-electron chi connectivity index (χ2n) is 6.81. The van der Waals surface area contributed by atoms with Gasteiger partial charge in [0.05, 0.1) is 5.69 Å². The van der Waals surface area contributed by atoms with E-state index >= 15 is 0 Å². The smallest absolute Gasteiger partial charge is 0.141 e. The Kier molecular flexibility index (Phi) is 5.23. The van der Waals surface area contributed by atoms with Crippen LogP contribution in [0.5, 0.6) is 5.75 Å². The zero-order valence-corrected chi connectivity index (χ0v) is 15.7. The van der Waals surface area contributed by atoms with Gasteiger partial charge >= 0.3 is 0 Å². The lowest BCUT2D eigenvalue weighted by atomic mass is 10.1. The molecule has 1 aromatic heterocycles. The fraction of sp³-hybridized carbons (Fsp3) is 0.174. The van der Waals surface area contributed by atoms with Crippen LogP contribution in [0, 0.1) is 0 Å². The first-order valence-corrected chi connectivity index (χ1v) is 9.48. The topological polar surface area (TPSA) is 36.4 Å². The molecule has 0 amide bonds. The Morgan fingerprint density at radius 1 is 1.04 bits per heavy atom. The summed E-state index contributed by atoms with van der Waals surface area (Å²) in [4.78, 5) is 6.98. The van der Waals surface area contributed by atoms with E-state index in [0.29, 0.717) is 5.52 Å². The van der Waals surface area contributed by atoms with Crippen molar-refractivity contribution in [2.75, 3.05) is 13.1 Å². The van der Waals surface area contributed by atoms with Crippen molar-refractivity contribution in [1.29, 1.82) is 0 Å². The summed E-state index contributed by atoms with van der Waals surface area (Å²) in [5.74, 6) is 0.220. The van der Waals surface area contributed by atoms with Gasteiger partial charge in [0.2, 0.25) is 0 Å². The fourth-order valence-electron chi connectivity index (χ4n) is 3.30. The molecule has 1 N–H and O–H groups in total. The Morgan fingerprint density at radius 3 is 2.67 bits per heavy atom. The normalized spacial score (nSPS) is 15.4. The zero-order valence-electron chi connectivity index (χ0n) is 15.0. The van der Waals surface area contributed by atoms with E-state index in [-0.39, 0.29) is 5.75 Å². The summed E-state index contributed by atoms with van der Waals surface area (Å²) in [5, 5.41) is 11.7. The summed E-state index contributed by atoms with van der Waals surface area (Å²) in [5.41, 5.74) is 4.11. The van der Waals surface area contributed by atoms with Gasteiger partial charge in [0.25, 0.3) is 0 Å². The number of phenolic OH excluding ortho intramolecular Hbond substituents is 1. The maximum Gasteiger partial charge on any atom is 0.141 e. The number of phenols is 1. The highest BCUT2D eigenvalue weighted by Gasteiger charge is 2.10. The predicted molar refractivity (Wildman–Crippen MR) is 112 cm³/mol. The number of allylic oxidation sites excluding steroid dienone is 1. The van der Waals surface area contributed by atoms with Gasteiger partial charge in [0, 0.05) is 30.0 Å². The highest BCUT2D eigenvalue weighted by Crippen LogP contribution is 2.23. The van der Waals surface area contributed by atoms with E-state index in [0.717, 1.165) is 42.2 Å². The summed E-state index contributed by atoms with van der Waals surface area (Å²) in [6, 6.07) is 17.5. The van der Waals surface area contributed by atoms with Crippen molar-refractivity contribution in [3.63, 3.8) is 0 Å². The van der Waals surface area contributed by atoms with E-state index in [1.54, 1.807) is 6.07 Å². The Labute approximate surface area is 164 Å². The molecule has 0 radical (unpaired) electrons. The van der Waals surface area contributed by atoms with E-state index in [2.05, 4.69) is 34.2 Å². The molecule has 4 heteroatoms. The molecule has 1 aliphatic rings. The van der Waals surface area contributed by atoms with Crippen LogP contribution in [-0.2, 0) is 6.54 Å². The molecule has 2 aromatic carbocycles. The highest BCUT2D eigenvalue weighted by atomic mass is 35.5. The summed E-state index contributed by atoms with van der Waals surface area (Å²) in [7, 11) is 0. The first-order chi connectivity index (χ1) is 13.2. The minimum atomic E-state index is 0.220. The number of pyridine rings is 1. The van der Waals surface area contributed by atoms with Crippen LogP contribution < -0.4 is 0 Å². The third-order valence-corrected chi connectivity index (χ3v) is 5.09. The van der Waals surface area contributed by atoms with Crippen molar-refractivity contribution in [3.05, 3.63) is 88.6 Å². The number of fused-ring (bicyclic) bond motifs is 1. The fourth-order valence-corrected chi connectivity index (χ4v) is 3.43. The number of hydrogen-bond acceptors (Lipinski definition) is 3. The van der Waals surface area contributed by atoms with Crippen molar-refractivity contribution in [1.82, 2.24) is 9.88 Å². The number of halogens is 1. The number of aromatic hydroxyl groups is 1. The highest BCUT2D eigenvalue weighted by molar-refractivity contribution is 6.30. The zero-order chi connectivity index (χ0) is 18.6. The molecule has 0 fully saturated rings. The molecule has 3 aromatic rings. The third-order valence-electron chi connectivity index (χ3n) is 4.84. The summed E-state index contributed by atoms with van der Waals surface area (Å²) in [6.45, 7) is 2.91. The van der Waals surface area contributed by atoms with Crippen LogP contribution in [0.3, 0.4) is 0 Å². The van der Waals surface area contributed by atoms with E-state index in [4.69, 9.17) is 11.6 Å². The SMILES string of the molecule is Oc1cccc2ccc(/C=C/C3=CCN(Cc4ccc(Cl)cc4)CC3)nc12. The monoisotopic (exact) mass is 376 g/mol. The van der Waals surface area contributed by atoms with Crippen LogP contribution in [0.15, 0.2) is 72.3 Å². The minimum Gasteiger partial charge on any atom is -0.506 e. The molecule has 0 unspecified atom stereocenters. The van der Waals surface area contributed by atoms with Crippen LogP contribution in [-0.4, -0.2) is 28.1 Å². The van der Waals surface area contributed by atoms with Gasteiger partial charge in [0.1, 0.15) is 11.3 Å². The number of nitrogens with zero attached hydrogens (tertiary/aromatic N) is 2.